The molecule has 176 valence electrons. The fourth-order valence-electron chi connectivity index (χ4n) is 4.68. The molecule has 4 aliphatic rings. The topological polar surface area (TPSA) is 101 Å². The first kappa shape index (κ1) is 22.4. The quantitative estimate of drug-likeness (QED) is 0.716. The summed E-state index contributed by atoms with van der Waals surface area (Å²) in [4.78, 5) is 46.0. The second kappa shape index (κ2) is 9.44. The maximum absolute atomic E-state index is 13.0. The van der Waals surface area contributed by atoms with Gasteiger partial charge in [-0.1, -0.05) is 17.8 Å². The summed E-state index contributed by atoms with van der Waals surface area (Å²) in [5.74, 6) is -1.31. The van der Waals surface area contributed by atoms with Gasteiger partial charge < -0.3 is 24.6 Å². The van der Waals surface area contributed by atoms with Gasteiger partial charge in [0.25, 0.3) is 11.8 Å². The van der Waals surface area contributed by atoms with E-state index in [1.54, 1.807) is 29.2 Å². The predicted molar refractivity (Wildman–Crippen MR) is 124 cm³/mol. The molecule has 5 rings (SSSR count). The van der Waals surface area contributed by atoms with Crippen molar-refractivity contribution in [3.8, 4) is 0 Å². The van der Waals surface area contributed by atoms with Crippen LogP contribution in [0.3, 0.4) is 0 Å². The number of rotatable bonds is 4. The van der Waals surface area contributed by atoms with E-state index in [1.165, 1.54) is 18.2 Å². The number of amides is 3. The molecule has 0 bridgehead atoms. The Morgan fingerprint density at radius 3 is 2.73 bits per heavy atom. The van der Waals surface area contributed by atoms with Crippen LogP contribution in [0.5, 0.6) is 0 Å². The Hall–Kier alpha value is -2.43. The van der Waals surface area contributed by atoms with Crippen molar-refractivity contribution in [3.63, 3.8) is 0 Å². The fraction of sp³-hybridized carbons (Fsp3) is 0.565. The SMILES string of the molecule is O=C(CC1SC(N2CCCCC2)=NC1=O)Nc1cccc(C(=O)N2CCC3(C2)OCCO3)c1. The number of anilines is 1. The minimum absolute atomic E-state index is 0.0475. The molecule has 4 aliphatic heterocycles. The Kier molecular flexibility index (Phi) is 6.40. The maximum Gasteiger partial charge on any atom is 0.262 e. The molecule has 0 saturated carbocycles. The standard InChI is InChI=1S/C23H28N4O5S/c28-19(14-18-20(29)25-22(33-18)26-8-2-1-3-9-26)24-17-6-4-5-16(13-17)21(30)27-10-7-23(15-27)31-11-12-32-23/h4-6,13,18H,1-3,7-12,14-15H2,(H,24,28). The van der Waals surface area contributed by atoms with E-state index < -0.39 is 11.0 Å². The molecule has 1 atom stereocenters. The van der Waals surface area contributed by atoms with Crippen LogP contribution in [0.25, 0.3) is 0 Å². The molecule has 1 N–H and O–H groups in total. The van der Waals surface area contributed by atoms with Gasteiger partial charge in [0.2, 0.25) is 5.91 Å². The van der Waals surface area contributed by atoms with Crippen molar-refractivity contribution in [1.29, 1.82) is 0 Å². The first-order valence-electron chi connectivity index (χ1n) is 11.5. The van der Waals surface area contributed by atoms with Gasteiger partial charge in [0.1, 0.15) is 5.25 Å². The molecule has 3 saturated heterocycles. The van der Waals surface area contributed by atoms with Gasteiger partial charge in [0.15, 0.2) is 11.0 Å². The van der Waals surface area contributed by atoms with Gasteiger partial charge >= 0.3 is 0 Å². The van der Waals surface area contributed by atoms with Crippen molar-refractivity contribution in [2.24, 2.45) is 4.99 Å². The van der Waals surface area contributed by atoms with Crippen LogP contribution in [0, 0.1) is 0 Å². The van der Waals surface area contributed by atoms with Gasteiger partial charge in [0.05, 0.1) is 19.8 Å². The monoisotopic (exact) mass is 472 g/mol. The molecule has 3 amide bonds. The average Bonchev–Trinajstić information content (AvgIpc) is 3.56. The maximum atomic E-state index is 13.0. The molecule has 33 heavy (non-hydrogen) atoms. The minimum atomic E-state index is -0.665. The van der Waals surface area contributed by atoms with Crippen LogP contribution >= 0.6 is 11.8 Å². The Balaban J connectivity index is 1.16. The van der Waals surface area contributed by atoms with Crippen LogP contribution in [0.4, 0.5) is 5.69 Å². The van der Waals surface area contributed by atoms with E-state index >= 15 is 0 Å². The Morgan fingerprint density at radius 1 is 1.15 bits per heavy atom. The number of amidine groups is 1. The second-order valence-corrected chi connectivity index (χ2v) is 9.97. The number of thioether (sulfide) groups is 1. The van der Waals surface area contributed by atoms with Gasteiger partial charge in [-0.05, 0) is 37.5 Å². The van der Waals surface area contributed by atoms with Crippen LogP contribution in [0.15, 0.2) is 29.3 Å². The average molecular weight is 473 g/mol. The zero-order chi connectivity index (χ0) is 22.8. The smallest absolute Gasteiger partial charge is 0.262 e. The number of nitrogens with one attached hydrogen (secondary N) is 1. The van der Waals surface area contributed by atoms with Crippen LogP contribution in [-0.4, -0.2) is 83.1 Å². The highest BCUT2D eigenvalue weighted by atomic mass is 32.2. The molecule has 4 heterocycles. The highest BCUT2D eigenvalue weighted by Gasteiger charge is 2.45. The summed E-state index contributed by atoms with van der Waals surface area (Å²) in [7, 11) is 0. The summed E-state index contributed by atoms with van der Waals surface area (Å²) >= 11 is 1.38. The lowest BCUT2D eigenvalue weighted by Crippen LogP contribution is -2.36. The van der Waals surface area contributed by atoms with E-state index in [-0.39, 0.29) is 24.1 Å². The van der Waals surface area contributed by atoms with Gasteiger partial charge in [-0.25, -0.2) is 0 Å². The Bertz CT molecular complexity index is 971. The van der Waals surface area contributed by atoms with Crippen molar-refractivity contribution >= 4 is 40.3 Å². The molecule has 0 radical (unpaired) electrons. The summed E-state index contributed by atoms with van der Waals surface area (Å²) in [6.45, 7) is 3.90. The number of carbonyl (C=O) groups excluding carboxylic acids is 3. The highest BCUT2D eigenvalue weighted by Crippen LogP contribution is 2.32. The van der Waals surface area contributed by atoms with E-state index in [0.29, 0.717) is 44.0 Å². The third kappa shape index (κ3) is 4.92. The third-order valence-corrected chi connectivity index (χ3v) is 7.63. The summed E-state index contributed by atoms with van der Waals surface area (Å²) in [6.07, 6.45) is 4.12. The molecule has 10 heteroatoms. The van der Waals surface area contributed by atoms with Gasteiger partial charge in [0, 0.05) is 43.7 Å². The number of benzene rings is 1. The van der Waals surface area contributed by atoms with Gasteiger partial charge in [-0.2, -0.15) is 4.99 Å². The van der Waals surface area contributed by atoms with Crippen molar-refractivity contribution < 1.29 is 23.9 Å². The normalized spacial score (nSPS) is 24.4. The van der Waals surface area contributed by atoms with Crippen molar-refractivity contribution in [2.45, 2.75) is 43.1 Å². The van der Waals surface area contributed by atoms with Crippen LogP contribution in [-0.2, 0) is 19.1 Å². The number of aliphatic imine (C=N–C) groups is 1. The lowest BCUT2D eigenvalue weighted by Gasteiger charge is -2.27. The number of carbonyl (C=O) groups is 3. The summed E-state index contributed by atoms with van der Waals surface area (Å²) in [6, 6.07) is 6.88. The number of hydrogen-bond acceptors (Lipinski definition) is 7. The largest absolute Gasteiger partial charge is 0.351 e. The zero-order valence-corrected chi connectivity index (χ0v) is 19.3. The minimum Gasteiger partial charge on any atom is -0.351 e. The third-order valence-electron chi connectivity index (χ3n) is 6.41. The number of nitrogens with zero attached hydrogens (tertiary/aromatic N) is 3. The van der Waals surface area contributed by atoms with Crippen LogP contribution < -0.4 is 5.32 Å². The van der Waals surface area contributed by atoms with Crippen molar-refractivity contribution in [3.05, 3.63) is 29.8 Å². The van der Waals surface area contributed by atoms with E-state index in [0.717, 1.165) is 31.1 Å². The summed E-state index contributed by atoms with van der Waals surface area (Å²) < 4.78 is 11.4. The zero-order valence-electron chi connectivity index (χ0n) is 18.5. The lowest BCUT2D eigenvalue weighted by molar-refractivity contribution is -0.143. The van der Waals surface area contributed by atoms with Crippen molar-refractivity contribution in [2.75, 3.05) is 44.7 Å². The van der Waals surface area contributed by atoms with E-state index in [9.17, 15) is 14.4 Å². The molecule has 0 aliphatic carbocycles. The fourth-order valence-corrected chi connectivity index (χ4v) is 5.80. The molecule has 0 aromatic heterocycles. The van der Waals surface area contributed by atoms with Gasteiger partial charge in [-0.3, -0.25) is 14.4 Å². The van der Waals surface area contributed by atoms with Crippen LogP contribution in [0.1, 0.15) is 42.5 Å². The summed E-state index contributed by atoms with van der Waals surface area (Å²) in [5, 5.41) is 3.07. The van der Waals surface area contributed by atoms with Gasteiger partial charge in [-0.15, -0.1) is 0 Å². The number of piperidine rings is 1. The molecule has 1 unspecified atom stereocenters. The highest BCUT2D eigenvalue weighted by molar-refractivity contribution is 8.15. The molecule has 1 aromatic carbocycles. The Labute approximate surface area is 196 Å². The molecular formula is C23H28N4O5S. The molecule has 1 spiro atoms. The first-order valence-corrected chi connectivity index (χ1v) is 12.4. The molecule has 9 nitrogen and oxygen atoms in total. The molecular weight excluding hydrogens is 444 g/mol. The van der Waals surface area contributed by atoms with Crippen molar-refractivity contribution in [1.82, 2.24) is 9.80 Å². The molecule has 3 fully saturated rings. The van der Waals surface area contributed by atoms with E-state index in [1.807, 2.05) is 0 Å². The molecule has 1 aromatic rings. The number of likely N-dealkylation sites (tertiary alicyclic amines) is 2. The van der Waals surface area contributed by atoms with Crippen LogP contribution in [0.2, 0.25) is 0 Å². The lowest BCUT2D eigenvalue weighted by atomic mass is 10.1. The summed E-state index contributed by atoms with van der Waals surface area (Å²) in [5.41, 5.74) is 1.02. The number of ether oxygens (including phenoxy) is 2. The number of hydrogen-bond donors (Lipinski definition) is 1. The van der Waals surface area contributed by atoms with E-state index in [4.69, 9.17) is 9.47 Å². The van der Waals surface area contributed by atoms with E-state index in [2.05, 4.69) is 15.2 Å². The Morgan fingerprint density at radius 2 is 1.94 bits per heavy atom. The predicted octanol–water partition coefficient (Wildman–Crippen LogP) is 2.09. The first-order chi connectivity index (χ1) is 16.0. The second-order valence-electron chi connectivity index (χ2n) is 8.80.